The molecule has 0 heterocycles. The maximum absolute atomic E-state index is 2.29. The van der Waals surface area contributed by atoms with Crippen LogP contribution < -0.4 is 0 Å². The summed E-state index contributed by atoms with van der Waals surface area (Å²) in [6.45, 7) is 0. The molecule has 0 saturated heterocycles. The maximum atomic E-state index is 2.29. The zero-order valence-electron chi connectivity index (χ0n) is 11.2. The van der Waals surface area contributed by atoms with Gasteiger partial charge in [-0.2, -0.15) is 47.0 Å². The summed E-state index contributed by atoms with van der Waals surface area (Å²) in [5.41, 5.74) is 2.91. The molecule has 0 aromatic heterocycles. The van der Waals surface area contributed by atoms with Gasteiger partial charge in [0.1, 0.15) is 0 Å². The molecule has 0 nitrogen and oxygen atoms in total. The highest BCUT2D eigenvalue weighted by atomic mass is 32.2. The Hall–Kier alpha value is 0.620. The van der Waals surface area contributed by atoms with Crippen molar-refractivity contribution in [1.29, 1.82) is 0 Å². The molecule has 0 aliphatic rings. The first-order valence-electron chi connectivity index (χ1n) is 6.08. The quantitative estimate of drug-likeness (QED) is 0.564. The van der Waals surface area contributed by atoms with Crippen molar-refractivity contribution in [3.63, 3.8) is 0 Å². The van der Waals surface area contributed by atoms with Crippen molar-refractivity contribution in [3.8, 4) is 0 Å². The van der Waals surface area contributed by atoms with Crippen LogP contribution in [0.4, 0.5) is 0 Å². The summed E-state index contributed by atoms with van der Waals surface area (Å²) in [6.07, 6.45) is 4.34. The van der Waals surface area contributed by atoms with E-state index in [0.29, 0.717) is 0 Å². The lowest BCUT2D eigenvalue weighted by atomic mass is 10.2. The van der Waals surface area contributed by atoms with Crippen molar-refractivity contribution >= 4 is 47.0 Å². The van der Waals surface area contributed by atoms with Gasteiger partial charge in [-0.15, -0.1) is 0 Å². The average Bonchev–Trinajstić information content (AvgIpc) is 2.41. The molecule has 1 rings (SSSR count). The van der Waals surface area contributed by atoms with Crippen molar-refractivity contribution in [1.82, 2.24) is 0 Å². The van der Waals surface area contributed by atoms with E-state index in [4.69, 9.17) is 0 Å². The minimum absolute atomic E-state index is 1.15. The van der Waals surface area contributed by atoms with E-state index in [1.165, 1.54) is 34.1 Å². The van der Waals surface area contributed by atoms with Crippen LogP contribution in [0.1, 0.15) is 11.1 Å². The number of hydrogen-bond donors (Lipinski definition) is 0. The van der Waals surface area contributed by atoms with Gasteiger partial charge in [0.25, 0.3) is 0 Å². The summed E-state index contributed by atoms with van der Waals surface area (Å²) in [4.78, 5) is 0. The van der Waals surface area contributed by atoms with Gasteiger partial charge in [0.2, 0.25) is 0 Å². The molecule has 0 spiro atoms. The summed E-state index contributed by atoms with van der Waals surface area (Å²) in [5, 5.41) is 0. The van der Waals surface area contributed by atoms with Crippen molar-refractivity contribution in [3.05, 3.63) is 35.4 Å². The van der Waals surface area contributed by atoms with E-state index in [1.54, 1.807) is 0 Å². The van der Waals surface area contributed by atoms with E-state index in [-0.39, 0.29) is 0 Å². The topological polar surface area (TPSA) is 0 Å². The second kappa shape index (κ2) is 11.4. The Morgan fingerprint density at radius 3 is 1.39 bits per heavy atom. The van der Waals surface area contributed by atoms with Crippen LogP contribution in [0.3, 0.4) is 0 Å². The summed E-state index contributed by atoms with van der Waals surface area (Å²) in [6, 6.07) is 9.15. The Morgan fingerprint density at radius 2 is 1.06 bits per heavy atom. The monoisotopic (exact) mass is 318 g/mol. The Labute approximate surface area is 129 Å². The molecule has 102 valence electrons. The highest BCUT2D eigenvalue weighted by Gasteiger charge is 1.96. The molecular formula is C14H22S4. The smallest absolute Gasteiger partial charge is 0.0184 e. The van der Waals surface area contributed by atoms with Gasteiger partial charge in [-0.1, -0.05) is 24.3 Å². The zero-order chi connectivity index (χ0) is 13.1. The second-order valence-corrected chi connectivity index (χ2v) is 8.09. The molecular weight excluding hydrogens is 296 g/mol. The number of rotatable bonds is 10. The van der Waals surface area contributed by atoms with Crippen LogP contribution in [0.2, 0.25) is 0 Å². The van der Waals surface area contributed by atoms with Crippen LogP contribution in [0.15, 0.2) is 24.3 Å². The number of hydrogen-bond acceptors (Lipinski definition) is 4. The largest absolute Gasteiger partial charge is 0.165 e. The molecule has 0 aliphatic heterocycles. The highest BCUT2D eigenvalue weighted by molar-refractivity contribution is 8.02. The van der Waals surface area contributed by atoms with Crippen LogP contribution in [-0.4, -0.2) is 35.5 Å². The normalized spacial score (nSPS) is 10.8. The molecule has 1 aromatic rings. The lowest BCUT2D eigenvalue weighted by molar-refractivity contribution is 1.33. The van der Waals surface area contributed by atoms with E-state index < -0.39 is 0 Å². The molecule has 4 heteroatoms. The predicted molar refractivity (Wildman–Crippen MR) is 95.5 cm³/mol. The Morgan fingerprint density at radius 1 is 0.667 bits per heavy atom. The van der Waals surface area contributed by atoms with Gasteiger partial charge in [0.05, 0.1) is 0 Å². The molecule has 0 N–H and O–H groups in total. The fourth-order valence-electron chi connectivity index (χ4n) is 1.40. The van der Waals surface area contributed by atoms with E-state index in [0.717, 1.165) is 11.5 Å². The van der Waals surface area contributed by atoms with Gasteiger partial charge < -0.3 is 0 Å². The lowest BCUT2D eigenvalue weighted by Crippen LogP contribution is -1.88. The first-order valence-corrected chi connectivity index (χ1v) is 11.2. The average molecular weight is 319 g/mol. The van der Waals surface area contributed by atoms with Gasteiger partial charge in [0.15, 0.2) is 0 Å². The molecule has 0 radical (unpaired) electrons. The summed E-state index contributed by atoms with van der Waals surface area (Å²) in [7, 11) is 0. The zero-order valence-corrected chi connectivity index (χ0v) is 14.5. The maximum Gasteiger partial charge on any atom is 0.0184 e. The molecule has 0 saturated carbocycles. The molecule has 0 bridgehead atoms. The number of benzene rings is 1. The van der Waals surface area contributed by atoms with E-state index in [9.17, 15) is 0 Å². The van der Waals surface area contributed by atoms with Gasteiger partial charge in [-0.05, 0) is 23.6 Å². The van der Waals surface area contributed by atoms with Crippen molar-refractivity contribution < 1.29 is 0 Å². The van der Waals surface area contributed by atoms with E-state index >= 15 is 0 Å². The van der Waals surface area contributed by atoms with Crippen LogP contribution in [0, 0.1) is 0 Å². The van der Waals surface area contributed by atoms with E-state index in [2.05, 4.69) is 36.8 Å². The fraction of sp³-hybridized carbons (Fsp3) is 0.571. The first-order chi connectivity index (χ1) is 8.86. The summed E-state index contributed by atoms with van der Waals surface area (Å²) in [5.74, 6) is 7.34. The summed E-state index contributed by atoms with van der Waals surface area (Å²) >= 11 is 7.92. The standard InChI is InChI=1S/C14H22S4/c1-15-7-9-17-11-13-3-5-14(6-4-13)12-18-10-8-16-2/h3-6H,7-12H2,1-2H3. The summed E-state index contributed by atoms with van der Waals surface area (Å²) < 4.78 is 0. The minimum atomic E-state index is 1.15. The molecule has 18 heavy (non-hydrogen) atoms. The van der Waals surface area contributed by atoms with Gasteiger partial charge in [0, 0.05) is 34.5 Å². The highest BCUT2D eigenvalue weighted by Crippen LogP contribution is 2.17. The van der Waals surface area contributed by atoms with Gasteiger partial charge in [-0.25, -0.2) is 0 Å². The molecule has 1 aromatic carbocycles. The third-order valence-electron chi connectivity index (χ3n) is 2.42. The molecule has 0 atom stereocenters. The minimum Gasteiger partial charge on any atom is -0.165 e. The van der Waals surface area contributed by atoms with Crippen LogP contribution in [-0.2, 0) is 11.5 Å². The predicted octanol–water partition coefficient (Wildman–Crippen LogP) is 4.88. The van der Waals surface area contributed by atoms with Gasteiger partial charge in [-0.3, -0.25) is 0 Å². The fourth-order valence-corrected chi connectivity index (χ4v) is 4.82. The second-order valence-electron chi connectivity index (χ2n) is 3.91. The third kappa shape index (κ3) is 7.93. The van der Waals surface area contributed by atoms with Crippen molar-refractivity contribution in [2.24, 2.45) is 0 Å². The molecule has 0 unspecified atom stereocenters. The Balaban J connectivity index is 2.20. The van der Waals surface area contributed by atoms with Crippen LogP contribution in [0.25, 0.3) is 0 Å². The molecule has 0 amide bonds. The number of thioether (sulfide) groups is 4. The van der Waals surface area contributed by atoms with E-state index in [1.807, 2.05) is 47.0 Å². The molecule has 0 fully saturated rings. The first kappa shape index (κ1) is 16.7. The van der Waals surface area contributed by atoms with Gasteiger partial charge >= 0.3 is 0 Å². The van der Waals surface area contributed by atoms with Crippen molar-refractivity contribution in [2.75, 3.05) is 35.5 Å². The molecule has 0 aliphatic carbocycles. The Kier molecular flexibility index (Phi) is 10.6. The lowest BCUT2D eigenvalue weighted by Gasteiger charge is -2.04. The Bertz CT molecular complexity index is 266. The van der Waals surface area contributed by atoms with Crippen molar-refractivity contribution in [2.45, 2.75) is 11.5 Å². The SMILES string of the molecule is CSCCSCc1ccc(CSCCSC)cc1. The van der Waals surface area contributed by atoms with Crippen LogP contribution in [0.5, 0.6) is 0 Å². The third-order valence-corrected chi connectivity index (χ3v) is 6.23. The van der Waals surface area contributed by atoms with Crippen LogP contribution >= 0.6 is 47.0 Å².